The van der Waals surface area contributed by atoms with Gasteiger partial charge in [-0.05, 0) is 31.2 Å². The largest absolute Gasteiger partial charge is 0.456 e. The highest BCUT2D eigenvalue weighted by molar-refractivity contribution is 9.10. The van der Waals surface area contributed by atoms with Crippen LogP contribution in [-0.2, 0) is 0 Å². The highest BCUT2D eigenvalue weighted by Crippen LogP contribution is 2.34. The molecule has 3 aromatic rings. The summed E-state index contributed by atoms with van der Waals surface area (Å²) in [4.78, 5) is 0. The van der Waals surface area contributed by atoms with Gasteiger partial charge in [0.25, 0.3) is 0 Å². The van der Waals surface area contributed by atoms with Crippen molar-refractivity contribution in [2.45, 2.75) is 20.8 Å². The third kappa shape index (κ3) is 2.09. The maximum absolute atomic E-state index is 5.76. The average molecular weight is 291 g/mol. The number of fused-ring (bicyclic) bond motifs is 3. The summed E-state index contributed by atoms with van der Waals surface area (Å²) in [6.45, 7) is 6.09. The lowest BCUT2D eigenvalue weighted by Crippen LogP contribution is -1.71. The molecule has 0 N–H and O–H groups in total. The van der Waals surface area contributed by atoms with Crippen molar-refractivity contribution in [3.8, 4) is 0 Å². The Morgan fingerprint density at radius 2 is 1.76 bits per heavy atom. The minimum Gasteiger partial charge on any atom is -0.456 e. The molecule has 17 heavy (non-hydrogen) atoms. The van der Waals surface area contributed by atoms with Gasteiger partial charge in [-0.1, -0.05) is 47.5 Å². The van der Waals surface area contributed by atoms with E-state index in [4.69, 9.17) is 4.42 Å². The SMILES string of the molecule is CC.Cc1ccc2oc3cccc(Br)c3c2c1. The number of halogens is 1. The Morgan fingerprint density at radius 3 is 2.53 bits per heavy atom. The molecule has 1 aromatic heterocycles. The van der Waals surface area contributed by atoms with Gasteiger partial charge in [-0.3, -0.25) is 0 Å². The van der Waals surface area contributed by atoms with Gasteiger partial charge in [-0.2, -0.15) is 0 Å². The van der Waals surface area contributed by atoms with Crippen molar-refractivity contribution in [3.63, 3.8) is 0 Å². The molecule has 1 nitrogen and oxygen atoms in total. The lowest BCUT2D eigenvalue weighted by Gasteiger charge is -1.93. The molecule has 0 saturated carbocycles. The smallest absolute Gasteiger partial charge is 0.136 e. The number of furan rings is 1. The summed E-state index contributed by atoms with van der Waals surface area (Å²) < 4.78 is 6.85. The first-order valence-corrected chi connectivity index (χ1v) is 6.62. The van der Waals surface area contributed by atoms with Gasteiger partial charge in [0.05, 0.1) is 0 Å². The zero-order valence-electron chi connectivity index (χ0n) is 10.3. The Morgan fingerprint density at radius 1 is 1.00 bits per heavy atom. The zero-order valence-corrected chi connectivity index (χ0v) is 11.8. The predicted octanol–water partition coefficient (Wildman–Crippen LogP) is 5.68. The molecule has 1 heterocycles. The summed E-state index contributed by atoms with van der Waals surface area (Å²) in [5.74, 6) is 0. The van der Waals surface area contributed by atoms with Gasteiger partial charge in [0.15, 0.2) is 0 Å². The third-order valence-electron chi connectivity index (χ3n) is 2.60. The lowest BCUT2D eigenvalue weighted by molar-refractivity contribution is 0.669. The highest BCUT2D eigenvalue weighted by atomic mass is 79.9. The maximum atomic E-state index is 5.76. The van der Waals surface area contributed by atoms with E-state index in [0.29, 0.717) is 0 Å². The van der Waals surface area contributed by atoms with E-state index in [0.717, 1.165) is 21.0 Å². The molecule has 88 valence electrons. The summed E-state index contributed by atoms with van der Waals surface area (Å²) >= 11 is 3.56. The van der Waals surface area contributed by atoms with Gasteiger partial charge in [-0.25, -0.2) is 0 Å². The number of hydrogen-bond donors (Lipinski definition) is 0. The summed E-state index contributed by atoms with van der Waals surface area (Å²) in [6.07, 6.45) is 0. The Balaban J connectivity index is 0.000000514. The van der Waals surface area contributed by atoms with E-state index in [2.05, 4.69) is 35.0 Å². The summed E-state index contributed by atoms with van der Waals surface area (Å²) in [5.41, 5.74) is 3.13. The van der Waals surface area contributed by atoms with E-state index in [1.54, 1.807) is 0 Å². The second kappa shape index (κ2) is 4.92. The van der Waals surface area contributed by atoms with Crippen molar-refractivity contribution in [1.82, 2.24) is 0 Å². The quantitative estimate of drug-likeness (QED) is 0.519. The van der Waals surface area contributed by atoms with Crippen molar-refractivity contribution in [1.29, 1.82) is 0 Å². The predicted molar refractivity (Wildman–Crippen MR) is 77.5 cm³/mol. The average Bonchev–Trinajstić information content (AvgIpc) is 2.71. The zero-order chi connectivity index (χ0) is 12.4. The van der Waals surface area contributed by atoms with Crippen LogP contribution in [0.5, 0.6) is 0 Å². The van der Waals surface area contributed by atoms with Crippen LogP contribution >= 0.6 is 15.9 Å². The van der Waals surface area contributed by atoms with Gasteiger partial charge in [0.2, 0.25) is 0 Å². The molecule has 0 radical (unpaired) electrons. The van der Waals surface area contributed by atoms with Crippen LogP contribution in [-0.4, -0.2) is 0 Å². The van der Waals surface area contributed by atoms with Crippen molar-refractivity contribution in [3.05, 3.63) is 46.4 Å². The molecular weight excluding hydrogens is 276 g/mol. The van der Waals surface area contributed by atoms with Crippen molar-refractivity contribution >= 4 is 37.9 Å². The summed E-state index contributed by atoms with van der Waals surface area (Å²) in [7, 11) is 0. The summed E-state index contributed by atoms with van der Waals surface area (Å²) in [5, 5.41) is 2.34. The normalized spacial score (nSPS) is 10.4. The van der Waals surface area contributed by atoms with Crippen LogP contribution in [0.4, 0.5) is 0 Å². The van der Waals surface area contributed by atoms with Crippen LogP contribution in [0.15, 0.2) is 45.3 Å². The molecule has 0 aliphatic rings. The minimum atomic E-state index is 0.935. The second-order valence-corrected chi connectivity index (χ2v) is 4.57. The highest BCUT2D eigenvalue weighted by Gasteiger charge is 2.08. The number of aryl methyl sites for hydroxylation is 1. The van der Waals surface area contributed by atoms with E-state index in [1.165, 1.54) is 10.9 Å². The van der Waals surface area contributed by atoms with Crippen molar-refractivity contribution in [2.24, 2.45) is 0 Å². The molecule has 3 rings (SSSR count). The Labute approximate surface area is 110 Å². The van der Waals surface area contributed by atoms with Gasteiger partial charge < -0.3 is 4.42 Å². The fourth-order valence-electron chi connectivity index (χ4n) is 1.90. The van der Waals surface area contributed by atoms with Crippen LogP contribution in [0.2, 0.25) is 0 Å². The van der Waals surface area contributed by atoms with Gasteiger partial charge in [0.1, 0.15) is 11.2 Å². The van der Waals surface area contributed by atoms with E-state index in [9.17, 15) is 0 Å². The standard InChI is InChI=1S/C13H9BrO.C2H6/c1-8-5-6-11-9(7-8)13-10(14)3-2-4-12(13)15-11;1-2/h2-7H,1H3;1-2H3. The van der Waals surface area contributed by atoms with Crippen molar-refractivity contribution in [2.75, 3.05) is 0 Å². The molecule has 0 unspecified atom stereocenters. The monoisotopic (exact) mass is 290 g/mol. The molecule has 0 spiro atoms. The molecule has 0 atom stereocenters. The molecular formula is C15H15BrO. The number of rotatable bonds is 0. The second-order valence-electron chi connectivity index (χ2n) is 3.71. The molecule has 0 saturated heterocycles. The number of benzene rings is 2. The van der Waals surface area contributed by atoms with Crippen LogP contribution in [0, 0.1) is 6.92 Å². The van der Waals surface area contributed by atoms with Crippen LogP contribution in [0.3, 0.4) is 0 Å². The van der Waals surface area contributed by atoms with Gasteiger partial charge >= 0.3 is 0 Å². The maximum Gasteiger partial charge on any atom is 0.136 e. The Bertz CT molecular complexity index is 652. The topological polar surface area (TPSA) is 13.1 Å². The minimum absolute atomic E-state index is 0.935. The van der Waals surface area contributed by atoms with E-state index >= 15 is 0 Å². The van der Waals surface area contributed by atoms with Crippen LogP contribution < -0.4 is 0 Å². The Kier molecular flexibility index (Phi) is 3.53. The van der Waals surface area contributed by atoms with Gasteiger partial charge in [0, 0.05) is 15.2 Å². The first-order chi connectivity index (χ1) is 8.25. The third-order valence-corrected chi connectivity index (χ3v) is 3.26. The first kappa shape index (κ1) is 12.2. The van der Waals surface area contributed by atoms with Crippen LogP contribution in [0.25, 0.3) is 21.9 Å². The van der Waals surface area contributed by atoms with E-state index in [1.807, 2.05) is 38.1 Å². The van der Waals surface area contributed by atoms with E-state index in [-0.39, 0.29) is 0 Å². The fraction of sp³-hybridized carbons (Fsp3) is 0.200. The Hall–Kier alpha value is -1.28. The van der Waals surface area contributed by atoms with Gasteiger partial charge in [-0.15, -0.1) is 0 Å². The molecule has 0 amide bonds. The van der Waals surface area contributed by atoms with Crippen LogP contribution in [0.1, 0.15) is 19.4 Å². The molecule has 2 aromatic carbocycles. The van der Waals surface area contributed by atoms with Crippen molar-refractivity contribution < 1.29 is 4.42 Å². The first-order valence-electron chi connectivity index (χ1n) is 5.83. The molecule has 0 aliphatic heterocycles. The fourth-order valence-corrected chi connectivity index (χ4v) is 2.46. The molecule has 0 aliphatic carbocycles. The molecule has 2 heteroatoms. The number of hydrogen-bond acceptors (Lipinski definition) is 1. The molecule has 0 bridgehead atoms. The lowest BCUT2D eigenvalue weighted by atomic mass is 10.1. The molecule has 0 fully saturated rings. The summed E-state index contributed by atoms with van der Waals surface area (Å²) in [6, 6.07) is 12.3. The van der Waals surface area contributed by atoms with E-state index < -0.39 is 0 Å².